The van der Waals surface area contributed by atoms with Crippen LogP contribution in [0.25, 0.3) is 0 Å². The molecule has 0 bridgehead atoms. The average Bonchev–Trinajstić information content (AvgIpc) is 2.83. The predicted octanol–water partition coefficient (Wildman–Crippen LogP) is 1.60. The van der Waals surface area contributed by atoms with Crippen LogP contribution in [0.5, 0.6) is 0 Å². The third kappa shape index (κ3) is 4.08. The number of carbonyl (C=O) groups excluding carboxylic acids is 1. The smallest absolute Gasteiger partial charge is 0.254 e. The largest absolute Gasteiger partial charge is 0.469 e. The number of hydrogen-bond donors (Lipinski definition) is 2. The molecule has 0 radical (unpaired) electrons. The van der Waals surface area contributed by atoms with Crippen LogP contribution in [0.15, 0.2) is 16.7 Å². The van der Waals surface area contributed by atoms with E-state index in [1.165, 1.54) is 6.26 Å². The predicted molar refractivity (Wildman–Crippen MR) is 72.0 cm³/mol. The van der Waals surface area contributed by atoms with Gasteiger partial charge >= 0.3 is 0 Å². The molecule has 3 N–H and O–H groups in total. The van der Waals surface area contributed by atoms with Crippen molar-refractivity contribution in [3.05, 3.63) is 23.7 Å². The molecule has 1 aliphatic rings. The van der Waals surface area contributed by atoms with E-state index in [4.69, 9.17) is 14.9 Å². The maximum Gasteiger partial charge on any atom is 0.254 e. The van der Waals surface area contributed by atoms with Crippen molar-refractivity contribution < 1.29 is 13.9 Å². The number of hydrogen-bond acceptors (Lipinski definition) is 4. The highest BCUT2D eigenvalue weighted by atomic mass is 16.5. The van der Waals surface area contributed by atoms with Crippen molar-refractivity contribution in [1.82, 2.24) is 5.32 Å². The second-order valence-electron chi connectivity index (χ2n) is 5.05. The van der Waals surface area contributed by atoms with Crippen LogP contribution in [0.4, 0.5) is 0 Å². The Morgan fingerprint density at radius 1 is 1.47 bits per heavy atom. The third-order valence-corrected chi connectivity index (χ3v) is 3.56. The van der Waals surface area contributed by atoms with Crippen LogP contribution in [-0.2, 0) is 4.74 Å². The second-order valence-corrected chi connectivity index (χ2v) is 5.05. The lowest BCUT2D eigenvalue weighted by molar-refractivity contribution is 0.0267. The molecule has 106 valence electrons. The Bertz CT molecular complexity index is 409. The van der Waals surface area contributed by atoms with Gasteiger partial charge in [0, 0.05) is 12.6 Å². The Labute approximate surface area is 113 Å². The number of nitrogens with one attached hydrogen (secondary N) is 1. The summed E-state index contributed by atoms with van der Waals surface area (Å²) in [7, 11) is 0. The molecule has 2 rings (SSSR count). The molecular formula is C14H22N2O3. The summed E-state index contributed by atoms with van der Waals surface area (Å²) in [5.41, 5.74) is 6.43. The highest BCUT2D eigenvalue weighted by Crippen LogP contribution is 2.19. The van der Waals surface area contributed by atoms with Crippen molar-refractivity contribution >= 4 is 5.91 Å². The van der Waals surface area contributed by atoms with E-state index < -0.39 is 0 Å². The van der Waals surface area contributed by atoms with Gasteiger partial charge in [0.05, 0.1) is 24.5 Å². The Hall–Kier alpha value is -1.33. The molecule has 1 fully saturated rings. The van der Waals surface area contributed by atoms with Crippen molar-refractivity contribution in [2.45, 2.75) is 44.8 Å². The summed E-state index contributed by atoms with van der Waals surface area (Å²) in [6.45, 7) is 2.84. The molecule has 0 spiro atoms. The number of nitrogens with two attached hydrogens (primary N) is 1. The summed E-state index contributed by atoms with van der Waals surface area (Å²) in [4.78, 5) is 11.8. The lowest BCUT2D eigenvalue weighted by atomic mass is 9.94. The molecule has 0 aliphatic heterocycles. The standard InChI is InChI=1S/C14H22N2O3/c1-10-13(6-8-18-10)14(17)16-7-9-19-12-4-2-11(15)3-5-12/h6,8,11-12H,2-5,7,9,15H2,1H3,(H,16,17). The minimum Gasteiger partial charge on any atom is -0.469 e. The summed E-state index contributed by atoms with van der Waals surface area (Å²) >= 11 is 0. The van der Waals surface area contributed by atoms with Gasteiger partial charge in [0.15, 0.2) is 0 Å². The Morgan fingerprint density at radius 2 is 2.21 bits per heavy atom. The van der Waals surface area contributed by atoms with E-state index in [2.05, 4.69) is 5.32 Å². The summed E-state index contributed by atoms with van der Waals surface area (Å²) in [5.74, 6) is 0.528. The topological polar surface area (TPSA) is 77.5 Å². The fraction of sp³-hybridized carbons (Fsp3) is 0.643. The maximum atomic E-state index is 11.8. The number of aryl methyl sites for hydroxylation is 1. The van der Waals surface area contributed by atoms with E-state index in [1.807, 2.05) is 0 Å². The molecule has 1 aromatic rings. The molecule has 1 aliphatic carbocycles. The van der Waals surface area contributed by atoms with Gasteiger partial charge in [-0.3, -0.25) is 4.79 Å². The zero-order valence-electron chi connectivity index (χ0n) is 11.4. The molecule has 0 aromatic carbocycles. The van der Waals surface area contributed by atoms with Gasteiger partial charge < -0.3 is 20.2 Å². The van der Waals surface area contributed by atoms with Crippen LogP contribution >= 0.6 is 0 Å². The van der Waals surface area contributed by atoms with Gasteiger partial charge in [-0.15, -0.1) is 0 Å². The maximum absolute atomic E-state index is 11.8. The zero-order valence-corrected chi connectivity index (χ0v) is 11.4. The minimum atomic E-state index is -0.111. The Kier molecular flexibility index (Phi) is 4.99. The molecule has 5 heteroatoms. The summed E-state index contributed by atoms with van der Waals surface area (Å²) in [6.07, 6.45) is 5.93. The summed E-state index contributed by atoms with van der Waals surface area (Å²) in [5, 5.41) is 2.83. The first-order chi connectivity index (χ1) is 9.16. The van der Waals surface area contributed by atoms with Crippen LogP contribution in [-0.4, -0.2) is 31.2 Å². The van der Waals surface area contributed by atoms with Crippen LogP contribution in [0.3, 0.4) is 0 Å². The molecule has 1 aromatic heterocycles. The lowest BCUT2D eigenvalue weighted by Crippen LogP contribution is -2.33. The molecule has 1 saturated carbocycles. The van der Waals surface area contributed by atoms with Crippen molar-refractivity contribution in [3.63, 3.8) is 0 Å². The van der Waals surface area contributed by atoms with E-state index in [1.54, 1.807) is 13.0 Å². The first-order valence-corrected chi connectivity index (χ1v) is 6.86. The molecular weight excluding hydrogens is 244 g/mol. The van der Waals surface area contributed by atoms with E-state index in [0.717, 1.165) is 25.7 Å². The zero-order chi connectivity index (χ0) is 13.7. The van der Waals surface area contributed by atoms with E-state index in [0.29, 0.717) is 36.6 Å². The van der Waals surface area contributed by atoms with Crippen molar-refractivity contribution in [3.8, 4) is 0 Å². The van der Waals surface area contributed by atoms with E-state index >= 15 is 0 Å². The fourth-order valence-corrected chi connectivity index (χ4v) is 2.36. The van der Waals surface area contributed by atoms with Crippen LogP contribution in [0.1, 0.15) is 41.8 Å². The van der Waals surface area contributed by atoms with Gasteiger partial charge in [-0.25, -0.2) is 0 Å². The fourth-order valence-electron chi connectivity index (χ4n) is 2.36. The second kappa shape index (κ2) is 6.73. The van der Waals surface area contributed by atoms with Crippen molar-refractivity contribution in [1.29, 1.82) is 0 Å². The molecule has 0 unspecified atom stereocenters. The number of furan rings is 1. The SMILES string of the molecule is Cc1occc1C(=O)NCCOC1CCC(N)CC1. The molecule has 19 heavy (non-hydrogen) atoms. The minimum absolute atomic E-state index is 0.111. The van der Waals surface area contributed by atoms with Crippen molar-refractivity contribution in [2.75, 3.05) is 13.2 Å². The highest BCUT2D eigenvalue weighted by Gasteiger charge is 2.18. The number of amides is 1. The van der Waals surface area contributed by atoms with Gasteiger partial charge in [0.1, 0.15) is 5.76 Å². The van der Waals surface area contributed by atoms with Crippen LogP contribution in [0.2, 0.25) is 0 Å². The number of rotatable bonds is 5. The first-order valence-electron chi connectivity index (χ1n) is 6.86. The van der Waals surface area contributed by atoms with Gasteiger partial charge in [-0.1, -0.05) is 0 Å². The lowest BCUT2D eigenvalue weighted by Gasteiger charge is -2.26. The van der Waals surface area contributed by atoms with Crippen molar-refractivity contribution in [2.24, 2.45) is 5.73 Å². The monoisotopic (exact) mass is 266 g/mol. The number of carbonyl (C=O) groups is 1. The summed E-state index contributed by atoms with van der Waals surface area (Å²) in [6, 6.07) is 2.01. The van der Waals surface area contributed by atoms with Gasteiger partial charge in [-0.2, -0.15) is 0 Å². The average molecular weight is 266 g/mol. The quantitative estimate of drug-likeness (QED) is 0.794. The molecule has 0 atom stereocenters. The van der Waals surface area contributed by atoms with E-state index in [-0.39, 0.29) is 5.91 Å². The molecule has 5 nitrogen and oxygen atoms in total. The first kappa shape index (κ1) is 14.1. The number of ether oxygens (including phenoxy) is 1. The molecule has 0 saturated heterocycles. The normalized spacial score (nSPS) is 23.3. The van der Waals surface area contributed by atoms with Crippen LogP contribution in [0, 0.1) is 6.92 Å². The summed E-state index contributed by atoms with van der Waals surface area (Å²) < 4.78 is 10.8. The highest BCUT2D eigenvalue weighted by molar-refractivity contribution is 5.94. The van der Waals surface area contributed by atoms with Gasteiger partial charge in [0.2, 0.25) is 0 Å². The Balaban J connectivity index is 1.62. The molecule has 1 amide bonds. The van der Waals surface area contributed by atoms with E-state index in [9.17, 15) is 4.79 Å². The molecule has 1 heterocycles. The van der Waals surface area contributed by atoms with Gasteiger partial charge in [0.25, 0.3) is 5.91 Å². The van der Waals surface area contributed by atoms with Crippen LogP contribution < -0.4 is 11.1 Å². The van der Waals surface area contributed by atoms with Gasteiger partial charge in [-0.05, 0) is 38.7 Å². The third-order valence-electron chi connectivity index (χ3n) is 3.56. The Morgan fingerprint density at radius 3 is 2.84 bits per heavy atom.